The fourth-order valence-electron chi connectivity index (χ4n) is 1.03. The summed E-state index contributed by atoms with van der Waals surface area (Å²) in [7, 11) is 0. The Bertz CT molecular complexity index is 182. The number of ether oxygens (including phenoxy) is 2. The van der Waals surface area contributed by atoms with Gasteiger partial charge in [0.2, 0.25) is 0 Å². The molecule has 0 aromatic heterocycles. The van der Waals surface area contributed by atoms with E-state index < -0.39 is 0 Å². The molecule has 0 bridgehead atoms. The molecule has 0 aromatic rings. The molecule has 0 amide bonds. The molecule has 6 nitrogen and oxygen atoms in total. The Morgan fingerprint density at radius 3 is 1.00 bits per heavy atom. The smallest absolute Gasteiger partial charge is 0.696 e. The van der Waals surface area contributed by atoms with Crippen molar-refractivity contribution in [3.05, 3.63) is 0 Å². The van der Waals surface area contributed by atoms with Crippen molar-refractivity contribution >= 4 is 25.3 Å². The summed E-state index contributed by atoms with van der Waals surface area (Å²) < 4.78 is 10.0. The Morgan fingerprint density at radius 2 is 0.947 bits per heavy atom. The standard InChI is InChI=1S/2C4H9NO.2CHNS.Pt/c2*1-3-6-4-2-5-1;2*2-1-3;/h2*5H,1-4H2;2*3H;/q;;;;+2/p-2. The van der Waals surface area contributed by atoms with Crippen molar-refractivity contribution in [1.29, 1.82) is 10.5 Å². The Labute approximate surface area is 140 Å². The second-order valence-corrected chi connectivity index (χ2v) is 3.27. The molecule has 0 aromatic carbocycles. The van der Waals surface area contributed by atoms with Crippen molar-refractivity contribution in [1.82, 2.24) is 10.6 Å². The zero-order chi connectivity index (χ0) is 13.9. The number of rotatable bonds is 0. The van der Waals surface area contributed by atoms with Crippen molar-refractivity contribution in [2.45, 2.75) is 0 Å². The molecule has 2 aliphatic rings. The van der Waals surface area contributed by atoms with E-state index in [1.807, 2.05) is 0 Å². The molecular weight excluding hydrogens is 467 g/mol. The van der Waals surface area contributed by atoms with Gasteiger partial charge in [-0.2, -0.15) is 0 Å². The van der Waals surface area contributed by atoms with E-state index in [1.54, 1.807) is 0 Å². The van der Waals surface area contributed by atoms with Gasteiger partial charge in [-0.3, -0.25) is 0 Å². The first-order chi connectivity index (χ1) is 8.83. The van der Waals surface area contributed by atoms with E-state index in [4.69, 9.17) is 20.0 Å². The molecule has 9 heteroatoms. The van der Waals surface area contributed by atoms with E-state index in [1.165, 1.54) is 10.8 Å². The van der Waals surface area contributed by atoms with Crippen LogP contribution in [0.25, 0.3) is 0 Å². The van der Waals surface area contributed by atoms with Gasteiger partial charge < -0.3 is 45.4 Å². The maximum Gasteiger partial charge on any atom is 2.00 e. The van der Waals surface area contributed by atoms with Gasteiger partial charge in [-0.05, 0) is 0 Å². The molecule has 2 saturated heterocycles. The van der Waals surface area contributed by atoms with Gasteiger partial charge in [0.05, 0.1) is 26.4 Å². The van der Waals surface area contributed by atoms with E-state index in [0.29, 0.717) is 0 Å². The van der Waals surface area contributed by atoms with Crippen LogP contribution in [0.5, 0.6) is 0 Å². The summed E-state index contributed by atoms with van der Waals surface area (Å²) in [5, 5.41) is 23.3. The van der Waals surface area contributed by atoms with Crippen molar-refractivity contribution in [3.63, 3.8) is 0 Å². The Balaban J connectivity index is -0.000000188. The number of hydrogen-bond donors (Lipinski definition) is 2. The van der Waals surface area contributed by atoms with Gasteiger partial charge in [0.15, 0.2) is 0 Å². The largest absolute Gasteiger partial charge is 2.00 e. The Hall–Kier alpha value is -0.0517. The number of nitrogens with one attached hydrogen (secondary N) is 2. The molecule has 2 N–H and O–H groups in total. The zero-order valence-corrected chi connectivity index (χ0v) is 14.4. The van der Waals surface area contributed by atoms with Crippen LogP contribution in [-0.4, -0.2) is 52.6 Å². The van der Waals surface area contributed by atoms with Crippen molar-refractivity contribution in [2.75, 3.05) is 52.6 Å². The van der Waals surface area contributed by atoms with Crippen LogP contribution in [0.2, 0.25) is 0 Å². The van der Waals surface area contributed by atoms with Crippen LogP contribution in [0.1, 0.15) is 0 Å². The minimum atomic E-state index is 0. The van der Waals surface area contributed by atoms with E-state index in [2.05, 4.69) is 35.9 Å². The molecule has 0 aliphatic carbocycles. The molecule has 2 rings (SSSR count). The molecule has 0 unspecified atom stereocenters. The van der Waals surface area contributed by atoms with Crippen LogP contribution in [-0.2, 0) is 55.8 Å². The van der Waals surface area contributed by atoms with Crippen LogP contribution >= 0.6 is 0 Å². The van der Waals surface area contributed by atoms with Crippen molar-refractivity contribution < 1.29 is 30.5 Å². The number of nitrogens with zero attached hydrogens (tertiary/aromatic N) is 2. The molecule has 2 heterocycles. The average Bonchev–Trinajstić information content (AvgIpc) is 2.45. The maximum absolute atomic E-state index is 7.13. The number of nitriles is 2. The molecule has 0 radical (unpaired) electrons. The van der Waals surface area contributed by atoms with Crippen LogP contribution in [0, 0.1) is 21.3 Å². The number of morpholine rings is 2. The van der Waals surface area contributed by atoms with E-state index in [-0.39, 0.29) is 21.1 Å². The van der Waals surface area contributed by atoms with E-state index in [0.717, 1.165) is 52.6 Å². The van der Waals surface area contributed by atoms with Gasteiger partial charge in [-0.25, -0.2) is 10.5 Å². The summed E-state index contributed by atoms with van der Waals surface area (Å²) in [5.74, 6) is 0. The molecule has 2 aliphatic heterocycles. The second-order valence-electron chi connectivity index (χ2n) is 2.91. The molecule has 0 atom stereocenters. The van der Waals surface area contributed by atoms with Gasteiger partial charge in [0.25, 0.3) is 0 Å². The predicted octanol–water partition coefficient (Wildman–Crippen LogP) is -0.761. The fourth-order valence-corrected chi connectivity index (χ4v) is 1.03. The molecule has 2 fully saturated rings. The maximum atomic E-state index is 7.13. The SMILES string of the molecule is C1COCCN1.C1COCCN1.N#C[S-].N#C[S-].[Pt+2]. The number of thiocyanates is 2. The van der Waals surface area contributed by atoms with Gasteiger partial charge in [0, 0.05) is 26.2 Å². The molecule has 19 heavy (non-hydrogen) atoms. The zero-order valence-electron chi connectivity index (χ0n) is 10.5. The van der Waals surface area contributed by atoms with Crippen LogP contribution in [0.15, 0.2) is 0 Å². The second kappa shape index (κ2) is 26.5. The Morgan fingerprint density at radius 1 is 0.737 bits per heavy atom. The van der Waals surface area contributed by atoms with Gasteiger partial charge in [-0.15, -0.1) is 0 Å². The fraction of sp³-hybridized carbons (Fsp3) is 0.800. The molecule has 112 valence electrons. The Kier molecular flexibility index (Phi) is 33.5. The van der Waals surface area contributed by atoms with Crippen LogP contribution < -0.4 is 10.6 Å². The molecule has 0 spiro atoms. The first-order valence-electron chi connectivity index (χ1n) is 5.42. The molecule has 0 saturated carbocycles. The quantitative estimate of drug-likeness (QED) is 0.342. The predicted molar refractivity (Wildman–Crippen MR) is 73.3 cm³/mol. The summed E-state index contributed by atoms with van der Waals surface area (Å²) in [6, 6.07) is 0. The summed E-state index contributed by atoms with van der Waals surface area (Å²) >= 11 is 7.40. The topological polar surface area (TPSA) is 90.1 Å². The minimum Gasteiger partial charge on any atom is -0.696 e. The van der Waals surface area contributed by atoms with Gasteiger partial charge in [0.1, 0.15) is 0 Å². The van der Waals surface area contributed by atoms with Gasteiger partial charge >= 0.3 is 21.1 Å². The summed E-state index contributed by atoms with van der Waals surface area (Å²) in [5.41, 5.74) is 0. The first-order valence-corrected chi connectivity index (χ1v) is 6.24. The molecular formula is C10H18N4O2PtS2. The third-order valence-corrected chi connectivity index (χ3v) is 1.69. The summed E-state index contributed by atoms with van der Waals surface area (Å²) in [6.07, 6.45) is 0. The third-order valence-electron chi connectivity index (χ3n) is 1.69. The van der Waals surface area contributed by atoms with Gasteiger partial charge in [-0.1, -0.05) is 10.8 Å². The summed E-state index contributed by atoms with van der Waals surface area (Å²) in [4.78, 5) is 0. The monoisotopic (exact) mass is 485 g/mol. The van der Waals surface area contributed by atoms with E-state index in [9.17, 15) is 0 Å². The average molecular weight is 485 g/mol. The minimum absolute atomic E-state index is 0. The van der Waals surface area contributed by atoms with E-state index >= 15 is 0 Å². The van der Waals surface area contributed by atoms with Crippen molar-refractivity contribution in [2.24, 2.45) is 0 Å². The number of hydrogen-bond acceptors (Lipinski definition) is 8. The normalized spacial score (nSPS) is 15.9. The van der Waals surface area contributed by atoms with Crippen LogP contribution in [0.4, 0.5) is 0 Å². The van der Waals surface area contributed by atoms with Crippen LogP contribution in [0.3, 0.4) is 0 Å². The first kappa shape index (κ1) is 24.0. The summed E-state index contributed by atoms with van der Waals surface area (Å²) in [6.45, 7) is 7.67. The third kappa shape index (κ3) is 32.0. The van der Waals surface area contributed by atoms with Crippen molar-refractivity contribution in [3.8, 4) is 10.8 Å².